The van der Waals surface area contributed by atoms with Gasteiger partial charge in [0.15, 0.2) is 0 Å². The van der Waals surface area contributed by atoms with Crippen molar-refractivity contribution in [3.8, 4) is 5.75 Å². The normalized spacial score (nSPS) is 20.5. The van der Waals surface area contributed by atoms with Gasteiger partial charge in [-0.15, -0.1) is 0 Å². The molecule has 0 unspecified atom stereocenters. The fourth-order valence-corrected chi connectivity index (χ4v) is 6.70. The van der Waals surface area contributed by atoms with Crippen LogP contribution in [0.15, 0.2) is 17.0 Å². The first-order valence-electron chi connectivity index (χ1n) is 12.1. The second kappa shape index (κ2) is 12.2. The number of benzene rings is 1. The number of carbonyl (C=O) groups excluding carboxylic acids is 1. The van der Waals surface area contributed by atoms with Crippen LogP contribution in [-0.4, -0.2) is 120 Å². The largest absolute Gasteiger partial charge is 0.495 e. The minimum absolute atomic E-state index is 0.0685. The van der Waals surface area contributed by atoms with Gasteiger partial charge in [-0.05, 0) is 64.0 Å². The van der Waals surface area contributed by atoms with Gasteiger partial charge in [-0.3, -0.25) is 9.69 Å². The molecule has 11 heteroatoms. The van der Waals surface area contributed by atoms with Crippen molar-refractivity contribution in [1.82, 2.24) is 19.0 Å². The highest BCUT2D eigenvalue weighted by molar-refractivity contribution is 7.89. The number of amides is 1. The van der Waals surface area contributed by atoms with Gasteiger partial charge < -0.3 is 19.3 Å². The predicted octanol–water partition coefficient (Wildman–Crippen LogP) is 1.92. The summed E-state index contributed by atoms with van der Waals surface area (Å²) in [6.45, 7) is 6.08. The van der Waals surface area contributed by atoms with Crippen LogP contribution >= 0.6 is 11.6 Å². The van der Waals surface area contributed by atoms with E-state index in [1.54, 1.807) is 17.0 Å². The zero-order valence-corrected chi connectivity index (χ0v) is 23.1. The fourth-order valence-electron chi connectivity index (χ4n) is 4.81. The lowest BCUT2D eigenvalue weighted by Crippen LogP contribution is -2.45. The third kappa shape index (κ3) is 6.87. The lowest BCUT2D eigenvalue weighted by Gasteiger charge is -2.35. The van der Waals surface area contributed by atoms with Gasteiger partial charge in [-0.1, -0.05) is 11.6 Å². The number of piperidine rings is 1. The Kier molecular flexibility index (Phi) is 9.82. The molecule has 0 spiro atoms. The highest BCUT2D eigenvalue weighted by Crippen LogP contribution is 2.34. The molecule has 9 nitrogen and oxygen atoms in total. The molecule has 3 rings (SSSR count). The molecule has 0 saturated carbocycles. The van der Waals surface area contributed by atoms with Crippen LogP contribution in [-0.2, 0) is 19.6 Å². The van der Waals surface area contributed by atoms with Gasteiger partial charge in [0.2, 0.25) is 15.9 Å². The Morgan fingerprint density at radius 3 is 2.51 bits per heavy atom. The van der Waals surface area contributed by atoms with Crippen molar-refractivity contribution in [2.24, 2.45) is 0 Å². The quantitative estimate of drug-likeness (QED) is 0.427. The van der Waals surface area contributed by atoms with Gasteiger partial charge >= 0.3 is 0 Å². The number of carbonyl (C=O) groups is 1. The maximum atomic E-state index is 13.1. The number of halogens is 1. The molecule has 0 aliphatic carbocycles. The summed E-state index contributed by atoms with van der Waals surface area (Å²) in [5, 5.41) is 0.109. The number of hydrogen-bond donors (Lipinski definition) is 0. The first kappa shape index (κ1) is 28.1. The van der Waals surface area contributed by atoms with Gasteiger partial charge in [0.1, 0.15) is 17.3 Å². The molecule has 2 aliphatic rings. The van der Waals surface area contributed by atoms with Gasteiger partial charge in [-0.25, -0.2) is 8.42 Å². The summed E-state index contributed by atoms with van der Waals surface area (Å²) in [5.74, 6) is 0.111. The van der Waals surface area contributed by atoms with E-state index < -0.39 is 10.0 Å². The molecule has 1 amide bonds. The van der Waals surface area contributed by atoms with Crippen LogP contribution in [0.4, 0.5) is 0 Å². The average molecular weight is 531 g/mol. The first-order chi connectivity index (χ1) is 16.5. The molecule has 2 heterocycles. The van der Waals surface area contributed by atoms with E-state index in [2.05, 4.69) is 16.8 Å². The maximum absolute atomic E-state index is 13.1. The molecule has 2 saturated heterocycles. The second-order valence-electron chi connectivity index (χ2n) is 9.63. The number of methoxy groups -OCH3 is 1. The van der Waals surface area contributed by atoms with Crippen LogP contribution < -0.4 is 4.74 Å². The van der Waals surface area contributed by atoms with Crippen LogP contribution in [0.2, 0.25) is 5.02 Å². The summed E-state index contributed by atoms with van der Waals surface area (Å²) in [6.07, 6.45) is 3.33. The highest BCUT2D eigenvalue weighted by atomic mass is 35.5. The van der Waals surface area contributed by atoms with Crippen LogP contribution in [0, 0.1) is 6.92 Å². The van der Waals surface area contributed by atoms with E-state index in [0.29, 0.717) is 6.04 Å². The van der Waals surface area contributed by atoms with E-state index in [0.717, 1.165) is 42.5 Å². The number of ether oxygens (including phenoxy) is 2. The summed E-state index contributed by atoms with van der Waals surface area (Å²) < 4.78 is 38.1. The minimum Gasteiger partial charge on any atom is -0.495 e. The van der Waals surface area contributed by atoms with Gasteiger partial charge in [0, 0.05) is 45.8 Å². The summed E-state index contributed by atoms with van der Waals surface area (Å²) in [6, 6.07) is 4.01. The minimum atomic E-state index is -3.89. The fraction of sp³-hybridized carbons (Fsp3) is 0.708. The van der Waals surface area contributed by atoms with Gasteiger partial charge in [-0.2, -0.15) is 4.31 Å². The molecule has 1 aromatic carbocycles. The number of likely N-dealkylation sites (tertiary alicyclic amines) is 2. The van der Waals surface area contributed by atoms with Crippen LogP contribution in [0.5, 0.6) is 5.75 Å². The van der Waals surface area contributed by atoms with Crippen molar-refractivity contribution in [2.45, 2.75) is 43.2 Å². The van der Waals surface area contributed by atoms with Gasteiger partial charge in [0.05, 0.1) is 18.7 Å². The zero-order valence-electron chi connectivity index (χ0n) is 21.5. The summed E-state index contributed by atoms with van der Waals surface area (Å²) in [7, 11) is 2.97. The number of aryl methyl sites for hydroxylation is 1. The van der Waals surface area contributed by atoms with Crippen LogP contribution in [0.25, 0.3) is 0 Å². The van der Waals surface area contributed by atoms with Crippen molar-refractivity contribution in [1.29, 1.82) is 0 Å². The second-order valence-corrected chi connectivity index (χ2v) is 12.0. The molecular formula is C24H39ClN4O5S. The molecule has 35 heavy (non-hydrogen) atoms. The van der Waals surface area contributed by atoms with Crippen molar-refractivity contribution < 1.29 is 22.7 Å². The molecule has 1 aromatic rings. The molecule has 198 valence electrons. The SMILES string of the molecule is COc1cc(C)cc(Cl)c1S(=O)(=O)N(C)CCOCC(=O)N(C)[C@@H]1CCN(C2CCN(C)CC2)C1. The molecule has 2 fully saturated rings. The monoisotopic (exact) mass is 530 g/mol. The topological polar surface area (TPSA) is 82.6 Å². The van der Waals surface area contributed by atoms with Crippen LogP contribution in [0.3, 0.4) is 0 Å². The maximum Gasteiger partial charge on any atom is 0.248 e. The van der Waals surface area contributed by atoms with Crippen LogP contribution in [0.1, 0.15) is 24.8 Å². The molecule has 0 N–H and O–H groups in total. The third-order valence-corrected chi connectivity index (χ3v) is 9.51. The Bertz CT molecular complexity index is 984. The summed E-state index contributed by atoms with van der Waals surface area (Å²) >= 11 is 6.24. The van der Waals surface area contributed by atoms with E-state index in [4.69, 9.17) is 21.1 Å². The average Bonchev–Trinajstić information content (AvgIpc) is 3.30. The zero-order chi connectivity index (χ0) is 25.8. The van der Waals surface area contributed by atoms with Crippen molar-refractivity contribution in [3.05, 3.63) is 22.7 Å². The smallest absolute Gasteiger partial charge is 0.248 e. The summed E-state index contributed by atoms with van der Waals surface area (Å²) in [5.41, 5.74) is 0.802. The Morgan fingerprint density at radius 1 is 1.17 bits per heavy atom. The lowest BCUT2D eigenvalue weighted by molar-refractivity contribution is -0.136. The van der Waals surface area contributed by atoms with E-state index in [1.807, 2.05) is 14.0 Å². The van der Waals surface area contributed by atoms with E-state index in [-0.39, 0.29) is 47.4 Å². The Hall–Kier alpha value is -1.43. The molecule has 2 aliphatic heterocycles. The number of rotatable bonds is 10. The number of likely N-dealkylation sites (N-methyl/N-ethyl adjacent to an activating group) is 2. The van der Waals surface area contributed by atoms with E-state index in [9.17, 15) is 13.2 Å². The summed E-state index contributed by atoms with van der Waals surface area (Å²) in [4.78, 5) is 19.3. The van der Waals surface area contributed by atoms with E-state index >= 15 is 0 Å². The number of nitrogens with zero attached hydrogens (tertiary/aromatic N) is 4. The molecule has 0 bridgehead atoms. The number of sulfonamides is 1. The number of hydrogen-bond acceptors (Lipinski definition) is 7. The highest BCUT2D eigenvalue weighted by Gasteiger charge is 2.33. The molecule has 0 aromatic heterocycles. The lowest BCUT2D eigenvalue weighted by atomic mass is 10.0. The molecule has 0 radical (unpaired) electrons. The van der Waals surface area contributed by atoms with E-state index in [1.165, 1.54) is 27.0 Å². The Balaban J connectivity index is 1.45. The Morgan fingerprint density at radius 2 is 1.86 bits per heavy atom. The standard InChI is InChI=1S/C24H39ClN4O5S/c1-18-14-21(25)24(22(15-18)33-5)35(31,32)27(3)12-13-34-17-23(30)28(4)20-8-11-29(16-20)19-6-9-26(2)10-7-19/h14-15,19-20H,6-13,16-17H2,1-5H3/t20-/m1/s1. The van der Waals surface area contributed by atoms with Crippen molar-refractivity contribution >= 4 is 27.5 Å². The van der Waals surface area contributed by atoms with Crippen molar-refractivity contribution in [2.75, 3.05) is 74.2 Å². The first-order valence-corrected chi connectivity index (χ1v) is 13.9. The predicted molar refractivity (Wildman–Crippen MR) is 137 cm³/mol. The van der Waals surface area contributed by atoms with Gasteiger partial charge in [0.25, 0.3) is 0 Å². The third-order valence-electron chi connectivity index (χ3n) is 7.16. The van der Waals surface area contributed by atoms with Crippen molar-refractivity contribution in [3.63, 3.8) is 0 Å². The Labute approximate surface area is 214 Å². The molecule has 1 atom stereocenters. The molecular weight excluding hydrogens is 492 g/mol.